The number of rotatable bonds is 9. The molecule has 12 heteroatoms. The normalized spacial score (nSPS) is 12.9. The molecule has 1 fully saturated rings. The smallest absolute Gasteiger partial charge is 0.269 e. The van der Waals surface area contributed by atoms with E-state index >= 15 is 0 Å². The van der Waals surface area contributed by atoms with E-state index in [1.165, 1.54) is 40.9 Å². The van der Waals surface area contributed by atoms with Crippen molar-refractivity contribution in [3.05, 3.63) is 64.1 Å². The van der Waals surface area contributed by atoms with E-state index in [4.69, 9.17) is 17.3 Å². The minimum absolute atomic E-state index is 0.0273. The van der Waals surface area contributed by atoms with Crippen LogP contribution in [0, 0.1) is 5.82 Å². The summed E-state index contributed by atoms with van der Waals surface area (Å²) in [6.07, 6.45) is 1.49. The largest absolute Gasteiger partial charge is 0.364 e. The molecule has 2 aromatic carbocycles. The van der Waals surface area contributed by atoms with Crippen LogP contribution in [-0.4, -0.2) is 57.9 Å². The summed E-state index contributed by atoms with van der Waals surface area (Å²) >= 11 is 5.78. The SMILES string of the molecule is CNC(=O)c1ccc2c(C(N)=O)nn(CC(=O)N(CC(=O)NCc3cccc(Cl)c3F)C3CC3)c2c1. The van der Waals surface area contributed by atoms with Crippen molar-refractivity contribution in [1.29, 1.82) is 0 Å². The monoisotopic (exact) mass is 514 g/mol. The first-order chi connectivity index (χ1) is 17.2. The third-order valence-corrected chi connectivity index (χ3v) is 6.18. The molecule has 0 saturated heterocycles. The number of amides is 4. The molecule has 0 spiro atoms. The lowest BCUT2D eigenvalue weighted by atomic mass is 10.1. The van der Waals surface area contributed by atoms with Gasteiger partial charge in [-0.1, -0.05) is 23.7 Å². The zero-order valence-electron chi connectivity index (χ0n) is 19.4. The summed E-state index contributed by atoms with van der Waals surface area (Å²) in [4.78, 5) is 51.2. The van der Waals surface area contributed by atoms with Gasteiger partial charge in [0.2, 0.25) is 11.8 Å². The Morgan fingerprint density at radius 2 is 1.97 bits per heavy atom. The fourth-order valence-corrected chi connectivity index (χ4v) is 4.07. The number of carbonyl (C=O) groups excluding carboxylic acids is 4. The van der Waals surface area contributed by atoms with Gasteiger partial charge in [0.25, 0.3) is 11.8 Å². The second-order valence-corrected chi connectivity index (χ2v) is 8.83. The first-order valence-electron chi connectivity index (χ1n) is 11.2. The Morgan fingerprint density at radius 3 is 2.64 bits per heavy atom. The molecule has 1 aliphatic carbocycles. The van der Waals surface area contributed by atoms with Crippen molar-refractivity contribution in [2.75, 3.05) is 13.6 Å². The van der Waals surface area contributed by atoms with E-state index in [1.54, 1.807) is 12.1 Å². The maximum Gasteiger partial charge on any atom is 0.269 e. The lowest BCUT2D eigenvalue weighted by molar-refractivity contribution is -0.137. The van der Waals surface area contributed by atoms with Crippen LogP contribution in [0.3, 0.4) is 0 Å². The van der Waals surface area contributed by atoms with Gasteiger partial charge >= 0.3 is 0 Å². The molecule has 0 atom stereocenters. The van der Waals surface area contributed by atoms with Crippen molar-refractivity contribution >= 4 is 46.1 Å². The van der Waals surface area contributed by atoms with E-state index in [0.717, 1.165) is 12.8 Å². The molecule has 3 aromatic rings. The number of hydrogen-bond donors (Lipinski definition) is 3. The average molecular weight is 515 g/mol. The maximum atomic E-state index is 14.1. The topological polar surface area (TPSA) is 139 Å². The molecule has 36 heavy (non-hydrogen) atoms. The summed E-state index contributed by atoms with van der Waals surface area (Å²) < 4.78 is 15.4. The predicted molar refractivity (Wildman–Crippen MR) is 130 cm³/mol. The van der Waals surface area contributed by atoms with Crippen molar-refractivity contribution in [2.45, 2.75) is 32.0 Å². The highest BCUT2D eigenvalue weighted by Crippen LogP contribution is 2.28. The molecule has 4 N–H and O–H groups in total. The summed E-state index contributed by atoms with van der Waals surface area (Å²) in [6.45, 7) is -0.573. The van der Waals surface area contributed by atoms with Crippen molar-refractivity contribution in [3.8, 4) is 0 Å². The van der Waals surface area contributed by atoms with Crippen molar-refractivity contribution in [3.63, 3.8) is 0 Å². The Bertz CT molecular complexity index is 1370. The molecule has 188 valence electrons. The van der Waals surface area contributed by atoms with Gasteiger partial charge in [0.05, 0.1) is 17.1 Å². The molecule has 0 aliphatic heterocycles. The zero-order chi connectivity index (χ0) is 26.0. The van der Waals surface area contributed by atoms with Crippen LogP contribution >= 0.6 is 11.6 Å². The van der Waals surface area contributed by atoms with Gasteiger partial charge in [0, 0.05) is 36.1 Å². The fourth-order valence-electron chi connectivity index (χ4n) is 3.88. The van der Waals surface area contributed by atoms with Crippen molar-refractivity contribution < 1.29 is 23.6 Å². The molecule has 1 saturated carbocycles. The highest BCUT2D eigenvalue weighted by atomic mass is 35.5. The Labute approximate surface area is 210 Å². The number of carbonyl (C=O) groups is 4. The number of primary amides is 1. The first kappa shape index (κ1) is 25.1. The number of nitrogens with one attached hydrogen (secondary N) is 2. The summed E-state index contributed by atoms with van der Waals surface area (Å²) in [5, 5.41) is 9.69. The van der Waals surface area contributed by atoms with Crippen LogP contribution < -0.4 is 16.4 Å². The molecule has 0 radical (unpaired) electrons. The van der Waals surface area contributed by atoms with E-state index in [-0.39, 0.29) is 47.9 Å². The van der Waals surface area contributed by atoms with E-state index in [2.05, 4.69) is 15.7 Å². The van der Waals surface area contributed by atoms with E-state index in [0.29, 0.717) is 16.5 Å². The second-order valence-electron chi connectivity index (χ2n) is 8.42. The van der Waals surface area contributed by atoms with E-state index in [1.807, 2.05) is 0 Å². The van der Waals surface area contributed by atoms with Crippen LogP contribution in [0.4, 0.5) is 4.39 Å². The third kappa shape index (κ3) is 5.30. The second kappa shape index (κ2) is 10.3. The van der Waals surface area contributed by atoms with Crippen LogP contribution in [0.1, 0.15) is 39.3 Å². The molecule has 1 heterocycles. The van der Waals surface area contributed by atoms with Gasteiger partial charge in [-0.05, 0) is 37.1 Å². The Balaban J connectivity index is 1.51. The van der Waals surface area contributed by atoms with Gasteiger partial charge in [-0.3, -0.25) is 23.9 Å². The molecular weight excluding hydrogens is 491 g/mol. The molecule has 0 unspecified atom stereocenters. The number of hydrogen-bond acceptors (Lipinski definition) is 5. The highest BCUT2D eigenvalue weighted by molar-refractivity contribution is 6.30. The highest BCUT2D eigenvalue weighted by Gasteiger charge is 2.34. The fraction of sp³-hybridized carbons (Fsp3) is 0.292. The van der Waals surface area contributed by atoms with Crippen molar-refractivity contribution in [1.82, 2.24) is 25.3 Å². The molecule has 4 amide bonds. The molecule has 0 bridgehead atoms. The Hall–Kier alpha value is -3.99. The number of fused-ring (bicyclic) bond motifs is 1. The van der Waals surface area contributed by atoms with Gasteiger partial charge in [0.1, 0.15) is 12.4 Å². The van der Waals surface area contributed by atoms with Crippen LogP contribution in [0.25, 0.3) is 10.9 Å². The van der Waals surface area contributed by atoms with Crippen LogP contribution in [0.5, 0.6) is 0 Å². The standard InChI is InChI=1S/C24H24ClFN6O4/c1-28-24(36)13-5-8-16-18(9-13)32(30-22(16)23(27)35)12-20(34)31(15-6-7-15)11-19(33)29-10-14-3-2-4-17(25)21(14)26/h2-5,8-9,15H,6-7,10-12H2,1H3,(H2,27,35)(H,28,36)(H,29,33). The third-order valence-electron chi connectivity index (χ3n) is 5.89. The Morgan fingerprint density at radius 1 is 1.22 bits per heavy atom. The predicted octanol–water partition coefficient (Wildman–Crippen LogP) is 1.59. The minimum atomic E-state index is -0.773. The number of aromatic nitrogens is 2. The summed E-state index contributed by atoms with van der Waals surface area (Å²) in [6, 6.07) is 9.00. The summed E-state index contributed by atoms with van der Waals surface area (Å²) in [5.41, 5.74) is 6.36. The van der Waals surface area contributed by atoms with Gasteiger partial charge < -0.3 is 21.3 Å². The van der Waals surface area contributed by atoms with Gasteiger partial charge in [-0.2, -0.15) is 5.10 Å². The molecule has 1 aliphatic rings. The summed E-state index contributed by atoms with van der Waals surface area (Å²) in [7, 11) is 1.49. The zero-order valence-corrected chi connectivity index (χ0v) is 20.1. The molecule has 4 rings (SSSR count). The molecule has 10 nitrogen and oxygen atoms in total. The first-order valence-corrected chi connectivity index (χ1v) is 11.6. The summed E-state index contributed by atoms with van der Waals surface area (Å²) in [5.74, 6) is -2.58. The number of nitrogens with zero attached hydrogens (tertiary/aromatic N) is 3. The lowest BCUT2D eigenvalue weighted by Crippen LogP contribution is -2.43. The average Bonchev–Trinajstić information content (AvgIpc) is 3.64. The van der Waals surface area contributed by atoms with Crippen LogP contribution in [0.2, 0.25) is 5.02 Å². The van der Waals surface area contributed by atoms with Gasteiger partial charge in [0.15, 0.2) is 5.69 Å². The Kier molecular flexibility index (Phi) is 7.20. The quantitative estimate of drug-likeness (QED) is 0.398. The molecular formula is C24H24ClFN6O4. The minimum Gasteiger partial charge on any atom is -0.364 e. The van der Waals surface area contributed by atoms with Crippen molar-refractivity contribution in [2.24, 2.45) is 5.73 Å². The van der Waals surface area contributed by atoms with Gasteiger partial charge in [-0.25, -0.2) is 4.39 Å². The van der Waals surface area contributed by atoms with Gasteiger partial charge in [-0.15, -0.1) is 0 Å². The lowest BCUT2D eigenvalue weighted by Gasteiger charge is -2.22. The maximum absolute atomic E-state index is 14.1. The van der Waals surface area contributed by atoms with E-state index < -0.39 is 23.5 Å². The van der Waals surface area contributed by atoms with Crippen LogP contribution in [0.15, 0.2) is 36.4 Å². The number of benzene rings is 2. The number of nitrogens with two attached hydrogens (primary N) is 1. The van der Waals surface area contributed by atoms with E-state index in [9.17, 15) is 23.6 Å². The molecule has 1 aromatic heterocycles. The number of halogens is 2. The van der Waals surface area contributed by atoms with Crippen LogP contribution in [-0.2, 0) is 22.7 Å².